The largest absolute Gasteiger partial charge is 0.263 e. The van der Waals surface area contributed by atoms with E-state index in [1.54, 1.807) is 12.1 Å². The maximum atomic E-state index is 12.7. The number of benzene rings is 2. The SMILES string of the molecule is CC1CCc2nc(NS(=O)(=O)c3ccc4ccccc4c3)sc2C1. The first-order chi connectivity index (χ1) is 11.5. The summed E-state index contributed by atoms with van der Waals surface area (Å²) >= 11 is 1.46. The topological polar surface area (TPSA) is 59.1 Å². The number of nitrogens with one attached hydrogen (secondary N) is 1. The molecule has 1 N–H and O–H groups in total. The molecule has 0 saturated heterocycles. The first-order valence-electron chi connectivity index (χ1n) is 8.01. The van der Waals surface area contributed by atoms with Crippen LogP contribution in [0.3, 0.4) is 0 Å². The Hall–Kier alpha value is -1.92. The molecule has 1 aromatic heterocycles. The van der Waals surface area contributed by atoms with Crippen molar-refractivity contribution in [3.05, 3.63) is 53.0 Å². The van der Waals surface area contributed by atoms with Gasteiger partial charge in [-0.3, -0.25) is 4.72 Å². The van der Waals surface area contributed by atoms with E-state index in [2.05, 4.69) is 16.6 Å². The number of nitrogens with zero attached hydrogens (tertiary/aromatic N) is 1. The van der Waals surface area contributed by atoms with Gasteiger partial charge in [0.05, 0.1) is 10.6 Å². The third-order valence-electron chi connectivity index (χ3n) is 4.44. The lowest BCUT2D eigenvalue weighted by atomic mass is 9.93. The van der Waals surface area contributed by atoms with Gasteiger partial charge in [0.1, 0.15) is 0 Å². The van der Waals surface area contributed by atoms with Crippen LogP contribution in [0.25, 0.3) is 10.8 Å². The quantitative estimate of drug-likeness (QED) is 0.762. The molecule has 4 nitrogen and oxygen atoms in total. The van der Waals surface area contributed by atoms with Crippen molar-refractivity contribution in [3.63, 3.8) is 0 Å². The number of fused-ring (bicyclic) bond motifs is 2. The van der Waals surface area contributed by atoms with Crippen LogP contribution in [0.5, 0.6) is 0 Å². The fourth-order valence-corrected chi connectivity index (χ4v) is 5.53. The fourth-order valence-electron chi connectivity index (χ4n) is 3.09. The van der Waals surface area contributed by atoms with Crippen LogP contribution in [0, 0.1) is 5.92 Å². The second kappa shape index (κ2) is 5.86. The highest BCUT2D eigenvalue weighted by Crippen LogP contribution is 2.33. The zero-order valence-corrected chi connectivity index (χ0v) is 15.0. The molecule has 1 atom stereocenters. The van der Waals surface area contributed by atoms with Gasteiger partial charge in [-0.05, 0) is 48.1 Å². The van der Waals surface area contributed by atoms with Crippen molar-refractivity contribution in [2.24, 2.45) is 5.92 Å². The van der Waals surface area contributed by atoms with Crippen molar-refractivity contribution < 1.29 is 8.42 Å². The molecule has 0 bridgehead atoms. The summed E-state index contributed by atoms with van der Waals surface area (Å²) in [6.07, 6.45) is 3.04. The number of aromatic nitrogens is 1. The number of anilines is 1. The van der Waals surface area contributed by atoms with E-state index in [1.165, 1.54) is 16.2 Å². The maximum Gasteiger partial charge on any atom is 0.263 e. The molecule has 0 amide bonds. The molecule has 1 unspecified atom stereocenters. The monoisotopic (exact) mass is 358 g/mol. The average molecular weight is 358 g/mol. The smallest absolute Gasteiger partial charge is 0.255 e. The minimum Gasteiger partial charge on any atom is -0.255 e. The summed E-state index contributed by atoms with van der Waals surface area (Å²) in [4.78, 5) is 5.97. The van der Waals surface area contributed by atoms with Gasteiger partial charge in [-0.2, -0.15) is 0 Å². The van der Waals surface area contributed by atoms with Crippen LogP contribution in [-0.2, 0) is 22.9 Å². The molecule has 0 saturated carbocycles. The number of thiazole rings is 1. The molecule has 6 heteroatoms. The van der Waals surface area contributed by atoms with Crippen molar-refractivity contribution in [3.8, 4) is 0 Å². The van der Waals surface area contributed by atoms with Crippen molar-refractivity contribution in [2.45, 2.75) is 31.1 Å². The Morgan fingerprint density at radius 3 is 2.79 bits per heavy atom. The Morgan fingerprint density at radius 1 is 1.17 bits per heavy atom. The molecule has 24 heavy (non-hydrogen) atoms. The van der Waals surface area contributed by atoms with Crippen LogP contribution < -0.4 is 4.72 Å². The van der Waals surface area contributed by atoms with Gasteiger partial charge in [-0.25, -0.2) is 13.4 Å². The highest BCUT2D eigenvalue weighted by atomic mass is 32.2. The van der Waals surface area contributed by atoms with E-state index in [0.717, 1.165) is 35.7 Å². The Morgan fingerprint density at radius 2 is 1.96 bits per heavy atom. The molecule has 0 radical (unpaired) electrons. The summed E-state index contributed by atoms with van der Waals surface area (Å²) in [5, 5.41) is 2.41. The van der Waals surface area contributed by atoms with E-state index in [1.807, 2.05) is 30.3 Å². The van der Waals surface area contributed by atoms with Gasteiger partial charge in [-0.15, -0.1) is 11.3 Å². The van der Waals surface area contributed by atoms with Crippen molar-refractivity contribution in [2.75, 3.05) is 4.72 Å². The molecule has 2 aromatic carbocycles. The predicted molar refractivity (Wildman–Crippen MR) is 98.1 cm³/mol. The number of sulfonamides is 1. The third-order valence-corrected chi connectivity index (χ3v) is 6.94. The number of aryl methyl sites for hydroxylation is 1. The Kier molecular flexibility index (Phi) is 3.81. The Labute approximate surface area is 145 Å². The number of hydrogen-bond donors (Lipinski definition) is 1. The normalized spacial score (nSPS) is 17.6. The maximum absolute atomic E-state index is 12.7. The van der Waals surface area contributed by atoms with E-state index in [9.17, 15) is 8.42 Å². The predicted octanol–water partition coefficient (Wildman–Crippen LogP) is 4.22. The van der Waals surface area contributed by atoms with Crippen LogP contribution in [0.4, 0.5) is 5.13 Å². The number of rotatable bonds is 3. The van der Waals surface area contributed by atoms with Gasteiger partial charge in [-0.1, -0.05) is 37.3 Å². The van der Waals surface area contributed by atoms with E-state index in [4.69, 9.17) is 0 Å². The summed E-state index contributed by atoms with van der Waals surface area (Å²) in [5.74, 6) is 0.642. The summed E-state index contributed by atoms with van der Waals surface area (Å²) in [5.41, 5.74) is 1.05. The zero-order valence-electron chi connectivity index (χ0n) is 13.3. The minimum absolute atomic E-state index is 0.266. The lowest BCUT2D eigenvalue weighted by Gasteiger charge is -2.15. The van der Waals surface area contributed by atoms with Gasteiger partial charge in [0.25, 0.3) is 10.0 Å². The molecule has 4 rings (SSSR count). The molecule has 0 spiro atoms. The standard InChI is InChI=1S/C18H18N2O2S2/c1-12-6-9-16-17(10-12)23-18(19-16)20-24(21,22)15-8-7-13-4-2-3-5-14(13)11-15/h2-5,7-8,11-12H,6,9-10H2,1H3,(H,19,20). The van der Waals surface area contributed by atoms with Crippen LogP contribution in [0.15, 0.2) is 47.4 Å². The van der Waals surface area contributed by atoms with Crippen LogP contribution in [-0.4, -0.2) is 13.4 Å². The average Bonchev–Trinajstić information content (AvgIpc) is 2.94. The summed E-state index contributed by atoms with van der Waals surface area (Å²) < 4.78 is 28.0. The molecule has 0 aliphatic heterocycles. The van der Waals surface area contributed by atoms with Gasteiger partial charge < -0.3 is 0 Å². The Balaban J connectivity index is 1.65. The Bertz CT molecular complexity index is 1010. The van der Waals surface area contributed by atoms with Crippen LogP contribution in [0.1, 0.15) is 23.9 Å². The second-order valence-corrected chi connectivity index (χ2v) is 9.12. The lowest BCUT2D eigenvalue weighted by molar-refractivity contribution is 0.502. The molecule has 0 fully saturated rings. The fraction of sp³-hybridized carbons (Fsp3) is 0.278. The third kappa shape index (κ3) is 2.91. The molecular weight excluding hydrogens is 340 g/mol. The molecule has 1 aliphatic carbocycles. The van der Waals surface area contributed by atoms with Crippen molar-refractivity contribution in [1.29, 1.82) is 0 Å². The molecule has 1 heterocycles. The first-order valence-corrected chi connectivity index (χ1v) is 10.3. The van der Waals surface area contributed by atoms with E-state index in [-0.39, 0.29) is 4.90 Å². The van der Waals surface area contributed by atoms with E-state index >= 15 is 0 Å². The van der Waals surface area contributed by atoms with E-state index in [0.29, 0.717) is 11.0 Å². The van der Waals surface area contributed by atoms with Crippen molar-refractivity contribution >= 4 is 37.3 Å². The summed E-state index contributed by atoms with van der Waals surface area (Å²) in [6.45, 7) is 2.22. The minimum atomic E-state index is -3.62. The summed E-state index contributed by atoms with van der Waals surface area (Å²) in [7, 11) is -3.62. The lowest BCUT2D eigenvalue weighted by Crippen LogP contribution is -2.13. The molecule has 1 aliphatic rings. The van der Waals surface area contributed by atoms with E-state index < -0.39 is 10.0 Å². The highest BCUT2D eigenvalue weighted by Gasteiger charge is 2.22. The first kappa shape index (κ1) is 15.6. The van der Waals surface area contributed by atoms with Crippen LogP contribution in [0.2, 0.25) is 0 Å². The zero-order chi connectivity index (χ0) is 16.7. The number of hydrogen-bond acceptors (Lipinski definition) is 4. The second-order valence-electron chi connectivity index (χ2n) is 6.35. The summed E-state index contributed by atoms with van der Waals surface area (Å²) in [6, 6.07) is 12.9. The van der Waals surface area contributed by atoms with Gasteiger partial charge in [0, 0.05) is 4.88 Å². The van der Waals surface area contributed by atoms with Gasteiger partial charge in [0.15, 0.2) is 5.13 Å². The highest BCUT2D eigenvalue weighted by molar-refractivity contribution is 7.93. The van der Waals surface area contributed by atoms with Crippen LogP contribution >= 0.6 is 11.3 Å². The van der Waals surface area contributed by atoms with Crippen molar-refractivity contribution in [1.82, 2.24) is 4.98 Å². The molecule has 3 aromatic rings. The van der Waals surface area contributed by atoms with Gasteiger partial charge >= 0.3 is 0 Å². The molecular formula is C18H18N2O2S2. The molecule has 124 valence electrons. The van der Waals surface area contributed by atoms with Gasteiger partial charge in [0.2, 0.25) is 0 Å².